The number of hydrogen-bond acceptors (Lipinski definition) is 3. The molecule has 4 heteroatoms. The van der Waals surface area contributed by atoms with Crippen LogP contribution in [0.3, 0.4) is 0 Å². The molecule has 0 aromatic rings. The highest BCUT2D eigenvalue weighted by atomic mass is 35.5. The molecular formula is C7H18ClN3. The fourth-order valence-corrected chi connectivity index (χ4v) is 1.37. The lowest BCUT2D eigenvalue weighted by Crippen LogP contribution is -2.55. The molecule has 0 spiro atoms. The second kappa shape index (κ2) is 4.93. The Kier molecular flexibility index (Phi) is 5.01. The van der Waals surface area contributed by atoms with Gasteiger partial charge >= 0.3 is 0 Å². The summed E-state index contributed by atoms with van der Waals surface area (Å²) in [7, 11) is 6.41. The molecule has 1 unspecified atom stereocenters. The van der Waals surface area contributed by atoms with Crippen molar-refractivity contribution >= 4 is 12.4 Å². The van der Waals surface area contributed by atoms with Crippen LogP contribution in [0.15, 0.2) is 0 Å². The number of halogens is 1. The molecule has 1 N–H and O–H groups in total. The third-order valence-electron chi connectivity index (χ3n) is 2.07. The summed E-state index contributed by atoms with van der Waals surface area (Å²) in [6, 6.07) is 0. The highest BCUT2D eigenvalue weighted by Crippen LogP contribution is 2.00. The number of nitrogens with zero attached hydrogens (tertiary/aromatic N) is 2. The third-order valence-corrected chi connectivity index (χ3v) is 2.07. The molecule has 0 aliphatic carbocycles. The van der Waals surface area contributed by atoms with Gasteiger partial charge in [-0.15, -0.1) is 12.4 Å². The van der Waals surface area contributed by atoms with Crippen LogP contribution in [0.2, 0.25) is 0 Å². The minimum atomic E-state index is 0. The van der Waals surface area contributed by atoms with Crippen molar-refractivity contribution in [1.29, 1.82) is 0 Å². The quantitative estimate of drug-likeness (QED) is 0.603. The summed E-state index contributed by atoms with van der Waals surface area (Å²) < 4.78 is 0. The number of likely N-dealkylation sites (N-methyl/N-ethyl adjacent to an activating group) is 2. The normalized spacial score (nSPS) is 26.7. The van der Waals surface area contributed by atoms with Crippen LogP contribution in [-0.4, -0.2) is 56.7 Å². The molecule has 0 radical (unpaired) electrons. The second-order valence-electron chi connectivity index (χ2n) is 3.13. The molecule has 0 aromatic carbocycles. The summed E-state index contributed by atoms with van der Waals surface area (Å²) in [5.74, 6) is 0. The van der Waals surface area contributed by atoms with Gasteiger partial charge in [-0.25, -0.2) is 0 Å². The first kappa shape index (κ1) is 11.2. The van der Waals surface area contributed by atoms with E-state index in [-0.39, 0.29) is 12.4 Å². The van der Waals surface area contributed by atoms with Gasteiger partial charge in [-0.05, 0) is 21.1 Å². The van der Waals surface area contributed by atoms with E-state index >= 15 is 0 Å². The van der Waals surface area contributed by atoms with Gasteiger partial charge in [0.25, 0.3) is 0 Å². The van der Waals surface area contributed by atoms with E-state index in [9.17, 15) is 0 Å². The Balaban J connectivity index is 0.000001000. The summed E-state index contributed by atoms with van der Waals surface area (Å²) in [4.78, 5) is 4.61. The highest BCUT2D eigenvalue weighted by molar-refractivity contribution is 5.85. The van der Waals surface area contributed by atoms with Gasteiger partial charge in [0.05, 0.1) is 6.17 Å². The van der Waals surface area contributed by atoms with E-state index in [0.29, 0.717) is 6.17 Å². The van der Waals surface area contributed by atoms with Gasteiger partial charge < -0.3 is 5.32 Å². The van der Waals surface area contributed by atoms with Crippen LogP contribution in [-0.2, 0) is 0 Å². The monoisotopic (exact) mass is 179 g/mol. The van der Waals surface area contributed by atoms with Gasteiger partial charge in [-0.1, -0.05) is 0 Å². The van der Waals surface area contributed by atoms with Crippen molar-refractivity contribution in [1.82, 2.24) is 15.1 Å². The Morgan fingerprint density at radius 1 is 1.45 bits per heavy atom. The molecule has 1 rings (SSSR count). The predicted molar refractivity (Wildman–Crippen MR) is 50.2 cm³/mol. The van der Waals surface area contributed by atoms with Crippen LogP contribution < -0.4 is 5.32 Å². The number of nitrogens with one attached hydrogen (secondary N) is 1. The Labute approximate surface area is 75.1 Å². The molecule has 0 bridgehead atoms. The topological polar surface area (TPSA) is 18.5 Å². The van der Waals surface area contributed by atoms with Gasteiger partial charge in [0.1, 0.15) is 0 Å². The molecule has 1 aliphatic heterocycles. The van der Waals surface area contributed by atoms with Crippen LogP contribution in [0.5, 0.6) is 0 Å². The van der Waals surface area contributed by atoms with Gasteiger partial charge in [0.15, 0.2) is 0 Å². The van der Waals surface area contributed by atoms with E-state index in [1.165, 1.54) is 0 Å². The fourth-order valence-electron chi connectivity index (χ4n) is 1.37. The van der Waals surface area contributed by atoms with Crippen molar-refractivity contribution in [2.24, 2.45) is 0 Å². The van der Waals surface area contributed by atoms with E-state index < -0.39 is 0 Å². The maximum Gasteiger partial charge on any atom is 0.0744 e. The molecule has 0 amide bonds. The Bertz CT molecular complexity index is 108. The molecule has 1 saturated heterocycles. The molecule has 1 atom stereocenters. The summed E-state index contributed by atoms with van der Waals surface area (Å²) in [6.07, 6.45) is 0.578. The minimum Gasteiger partial charge on any atom is -0.313 e. The highest BCUT2D eigenvalue weighted by Gasteiger charge is 2.19. The van der Waals surface area contributed by atoms with Crippen LogP contribution in [0.4, 0.5) is 0 Å². The average molecular weight is 180 g/mol. The van der Waals surface area contributed by atoms with Crippen molar-refractivity contribution in [3.63, 3.8) is 0 Å². The first-order valence-electron chi connectivity index (χ1n) is 3.79. The molecule has 3 nitrogen and oxygen atoms in total. The molecule has 68 valence electrons. The lowest BCUT2D eigenvalue weighted by atomic mass is 10.3. The molecule has 1 heterocycles. The van der Waals surface area contributed by atoms with Crippen molar-refractivity contribution in [3.05, 3.63) is 0 Å². The van der Waals surface area contributed by atoms with Crippen LogP contribution in [0, 0.1) is 0 Å². The smallest absolute Gasteiger partial charge is 0.0744 e. The van der Waals surface area contributed by atoms with Gasteiger partial charge in [-0.2, -0.15) is 0 Å². The molecule has 0 saturated carbocycles. The van der Waals surface area contributed by atoms with Crippen LogP contribution in [0.25, 0.3) is 0 Å². The molecule has 1 fully saturated rings. The third kappa shape index (κ3) is 2.95. The van der Waals surface area contributed by atoms with Crippen LogP contribution >= 0.6 is 12.4 Å². The zero-order valence-electron chi connectivity index (χ0n) is 7.50. The van der Waals surface area contributed by atoms with Crippen LogP contribution in [0.1, 0.15) is 0 Å². The minimum absolute atomic E-state index is 0. The summed E-state index contributed by atoms with van der Waals surface area (Å²) >= 11 is 0. The van der Waals surface area contributed by atoms with Crippen molar-refractivity contribution in [3.8, 4) is 0 Å². The van der Waals surface area contributed by atoms with Crippen molar-refractivity contribution < 1.29 is 0 Å². The van der Waals surface area contributed by atoms with Gasteiger partial charge in [0, 0.05) is 19.6 Å². The summed E-state index contributed by atoms with van der Waals surface area (Å²) in [5.41, 5.74) is 0. The molecule has 1 aliphatic rings. The van der Waals surface area contributed by atoms with E-state index in [0.717, 1.165) is 19.6 Å². The first-order valence-corrected chi connectivity index (χ1v) is 3.79. The Morgan fingerprint density at radius 2 is 2.09 bits per heavy atom. The summed E-state index contributed by atoms with van der Waals surface area (Å²) in [6.45, 7) is 3.37. The van der Waals surface area contributed by atoms with Gasteiger partial charge in [0.2, 0.25) is 0 Å². The standard InChI is InChI=1S/C7H17N3.ClH/c1-9(2)7-6-8-4-5-10(7)3;/h7-8H,4-6H2,1-3H3;1H. The lowest BCUT2D eigenvalue weighted by Gasteiger charge is -2.37. The maximum atomic E-state index is 3.36. The van der Waals surface area contributed by atoms with Crippen molar-refractivity contribution in [2.75, 3.05) is 40.8 Å². The molecule has 11 heavy (non-hydrogen) atoms. The lowest BCUT2D eigenvalue weighted by molar-refractivity contribution is 0.0808. The molecule has 0 aromatic heterocycles. The second-order valence-corrected chi connectivity index (χ2v) is 3.13. The zero-order chi connectivity index (χ0) is 7.56. The average Bonchev–Trinajstić information content (AvgIpc) is 1.88. The van der Waals surface area contributed by atoms with E-state index in [1.807, 2.05) is 0 Å². The largest absolute Gasteiger partial charge is 0.313 e. The SMILES string of the molecule is CN(C)C1CNCCN1C.Cl. The van der Waals surface area contributed by atoms with E-state index in [4.69, 9.17) is 0 Å². The zero-order valence-corrected chi connectivity index (χ0v) is 8.32. The molecular weight excluding hydrogens is 162 g/mol. The number of hydrogen-bond donors (Lipinski definition) is 1. The first-order chi connectivity index (χ1) is 4.72. The predicted octanol–water partition coefficient (Wildman–Crippen LogP) is -0.169. The number of piperazine rings is 1. The Morgan fingerprint density at radius 3 is 2.45 bits per heavy atom. The van der Waals surface area contributed by atoms with Gasteiger partial charge in [-0.3, -0.25) is 9.80 Å². The maximum absolute atomic E-state index is 3.36. The fraction of sp³-hybridized carbons (Fsp3) is 1.00. The summed E-state index contributed by atoms with van der Waals surface area (Å²) in [5, 5.41) is 3.36. The van der Waals surface area contributed by atoms with Crippen molar-refractivity contribution in [2.45, 2.75) is 6.17 Å². The Hall–Kier alpha value is 0.170. The van der Waals surface area contributed by atoms with E-state index in [1.54, 1.807) is 0 Å². The number of rotatable bonds is 1. The van der Waals surface area contributed by atoms with E-state index in [2.05, 4.69) is 36.3 Å².